The van der Waals surface area contributed by atoms with E-state index in [9.17, 15) is 0 Å². The first kappa shape index (κ1) is 9.93. The van der Waals surface area contributed by atoms with Crippen molar-refractivity contribution in [2.75, 3.05) is 0 Å². The van der Waals surface area contributed by atoms with Crippen molar-refractivity contribution in [2.24, 2.45) is 5.73 Å². The molecule has 0 amide bonds. The molecule has 3 heteroatoms. The SMILES string of the molecule is Cc1ccccc1Cc1nc(CN)co1. The van der Waals surface area contributed by atoms with Crippen LogP contribution in [0.5, 0.6) is 0 Å². The average Bonchev–Trinajstić information content (AvgIpc) is 2.69. The summed E-state index contributed by atoms with van der Waals surface area (Å²) in [6.07, 6.45) is 2.35. The zero-order valence-electron chi connectivity index (χ0n) is 8.73. The number of hydrogen-bond donors (Lipinski definition) is 1. The summed E-state index contributed by atoms with van der Waals surface area (Å²) in [5.74, 6) is 0.727. The molecule has 2 rings (SSSR count). The Balaban J connectivity index is 2.18. The number of hydrogen-bond acceptors (Lipinski definition) is 3. The Hall–Kier alpha value is -1.61. The van der Waals surface area contributed by atoms with Crippen molar-refractivity contribution in [3.8, 4) is 0 Å². The van der Waals surface area contributed by atoms with Crippen LogP contribution in [0.2, 0.25) is 0 Å². The second-order valence-electron chi connectivity index (χ2n) is 3.54. The van der Waals surface area contributed by atoms with Crippen molar-refractivity contribution >= 4 is 0 Å². The van der Waals surface area contributed by atoms with Gasteiger partial charge >= 0.3 is 0 Å². The molecule has 0 aliphatic carbocycles. The van der Waals surface area contributed by atoms with Crippen LogP contribution in [-0.2, 0) is 13.0 Å². The van der Waals surface area contributed by atoms with Crippen molar-refractivity contribution < 1.29 is 4.42 Å². The Morgan fingerprint density at radius 2 is 2.13 bits per heavy atom. The van der Waals surface area contributed by atoms with Crippen molar-refractivity contribution in [1.29, 1.82) is 0 Å². The molecule has 0 fully saturated rings. The van der Waals surface area contributed by atoms with Crippen LogP contribution in [0.4, 0.5) is 0 Å². The van der Waals surface area contributed by atoms with E-state index >= 15 is 0 Å². The predicted octanol–water partition coefficient (Wildman–Crippen LogP) is 2.03. The smallest absolute Gasteiger partial charge is 0.198 e. The summed E-state index contributed by atoms with van der Waals surface area (Å²) < 4.78 is 5.32. The number of benzene rings is 1. The zero-order valence-corrected chi connectivity index (χ0v) is 8.73. The third kappa shape index (κ3) is 2.25. The van der Waals surface area contributed by atoms with Gasteiger partial charge in [0.2, 0.25) is 0 Å². The van der Waals surface area contributed by atoms with Gasteiger partial charge in [-0.05, 0) is 18.1 Å². The van der Waals surface area contributed by atoms with Gasteiger partial charge in [-0.3, -0.25) is 0 Å². The Morgan fingerprint density at radius 3 is 2.80 bits per heavy atom. The predicted molar refractivity (Wildman–Crippen MR) is 58.4 cm³/mol. The van der Waals surface area contributed by atoms with Gasteiger partial charge in [-0.25, -0.2) is 4.98 Å². The lowest BCUT2D eigenvalue weighted by molar-refractivity contribution is 0.506. The molecule has 0 aliphatic rings. The minimum Gasteiger partial charge on any atom is -0.448 e. The van der Waals surface area contributed by atoms with Crippen LogP contribution in [0.3, 0.4) is 0 Å². The number of rotatable bonds is 3. The summed E-state index contributed by atoms with van der Waals surface area (Å²) in [4.78, 5) is 4.27. The first-order chi connectivity index (χ1) is 7.29. The molecule has 3 nitrogen and oxygen atoms in total. The van der Waals surface area contributed by atoms with Crippen molar-refractivity contribution in [1.82, 2.24) is 4.98 Å². The van der Waals surface area contributed by atoms with Crippen LogP contribution in [0.15, 0.2) is 34.9 Å². The van der Waals surface area contributed by atoms with E-state index in [0.29, 0.717) is 6.54 Å². The summed E-state index contributed by atoms with van der Waals surface area (Å²) in [7, 11) is 0. The summed E-state index contributed by atoms with van der Waals surface area (Å²) >= 11 is 0. The van der Waals surface area contributed by atoms with Gasteiger partial charge in [0.15, 0.2) is 5.89 Å². The molecule has 0 radical (unpaired) electrons. The Bertz CT molecular complexity index is 448. The molecule has 0 bridgehead atoms. The molecule has 0 saturated heterocycles. The fraction of sp³-hybridized carbons (Fsp3) is 0.250. The lowest BCUT2D eigenvalue weighted by atomic mass is 10.1. The van der Waals surface area contributed by atoms with Gasteiger partial charge in [-0.1, -0.05) is 24.3 Å². The minimum atomic E-state index is 0.428. The molecule has 1 aromatic carbocycles. The van der Waals surface area contributed by atoms with Crippen LogP contribution in [0.1, 0.15) is 22.7 Å². The van der Waals surface area contributed by atoms with E-state index in [1.165, 1.54) is 11.1 Å². The lowest BCUT2D eigenvalue weighted by Crippen LogP contribution is -1.97. The normalized spacial score (nSPS) is 10.5. The highest BCUT2D eigenvalue weighted by Gasteiger charge is 2.05. The fourth-order valence-electron chi connectivity index (χ4n) is 1.50. The number of oxazole rings is 1. The summed E-state index contributed by atoms with van der Waals surface area (Å²) in [6.45, 7) is 2.51. The molecule has 1 heterocycles. The number of nitrogens with two attached hydrogens (primary N) is 1. The first-order valence-electron chi connectivity index (χ1n) is 4.97. The number of aromatic nitrogens is 1. The van der Waals surface area contributed by atoms with Crippen LogP contribution in [0, 0.1) is 6.92 Å². The van der Waals surface area contributed by atoms with E-state index < -0.39 is 0 Å². The highest BCUT2D eigenvalue weighted by molar-refractivity contribution is 5.27. The molecule has 78 valence electrons. The maximum atomic E-state index is 5.46. The maximum absolute atomic E-state index is 5.46. The second-order valence-corrected chi connectivity index (χ2v) is 3.54. The van der Waals surface area contributed by atoms with Gasteiger partial charge in [0, 0.05) is 13.0 Å². The van der Waals surface area contributed by atoms with E-state index in [4.69, 9.17) is 10.2 Å². The van der Waals surface area contributed by atoms with Crippen LogP contribution < -0.4 is 5.73 Å². The van der Waals surface area contributed by atoms with E-state index in [2.05, 4.69) is 24.0 Å². The zero-order chi connectivity index (χ0) is 10.7. The van der Waals surface area contributed by atoms with Gasteiger partial charge in [0.25, 0.3) is 0 Å². The van der Waals surface area contributed by atoms with Gasteiger partial charge in [0.1, 0.15) is 6.26 Å². The third-order valence-corrected chi connectivity index (χ3v) is 2.41. The quantitative estimate of drug-likeness (QED) is 0.828. The molecule has 2 aromatic rings. The van der Waals surface area contributed by atoms with Crippen molar-refractivity contribution in [3.05, 3.63) is 53.2 Å². The molecule has 1 aromatic heterocycles. The summed E-state index contributed by atoms with van der Waals surface area (Å²) in [6, 6.07) is 8.22. The minimum absolute atomic E-state index is 0.428. The number of aryl methyl sites for hydroxylation is 1. The first-order valence-corrected chi connectivity index (χ1v) is 4.97. The summed E-state index contributed by atoms with van der Waals surface area (Å²) in [5.41, 5.74) is 8.76. The van der Waals surface area contributed by atoms with Crippen LogP contribution in [0.25, 0.3) is 0 Å². The average molecular weight is 202 g/mol. The Labute approximate surface area is 88.9 Å². The van der Waals surface area contributed by atoms with E-state index in [1.807, 2.05) is 12.1 Å². The van der Waals surface area contributed by atoms with Crippen molar-refractivity contribution in [3.63, 3.8) is 0 Å². The highest BCUT2D eigenvalue weighted by atomic mass is 16.3. The highest BCUT2D eigenvalue weighted by Crippen LogP contribution is 2.13. The van der Waals surface area contributed by atoms with E-state index in [-0.39, 0.29) is 0 Å². The monoisotopic (exact) mass is 202 g/mol. The molecule has 0 saturated carbocycles. The molecule has 15 heavy (non-hydrogen) atoms. The van der Waals surface area contributed by atoms with Crippen molar-refractivity contribution in [2.45, 2.75) is 19.9 Å². The molecule has 0 unspecified atom stereocenters. The third-order valence-electron chi connectivity index (χ3n) is 2.41. The molecule has 0 spiro atoms. The second kappa shape index (κ2) is 4.28. The molecule has 0 atom stereocenters. The van der Waals surface area contributed by atoms with Gasteiger partial charge in [-0.2, -0.15) is 0 Å². The standard InChI is InChI=1S/C12H14N2O/c1-9-4-2-3-5-10(9)6-12-14-11(7-13)8-15-12/h2-5,8H,6-7,13H2,1H3. The van der Waals surface area contributed by atoms with E-state index in [0.717, 1.165) is 18.0 Å². The van der Waals surface area contributed by atoms with E-state index in [1.54, 1.807) is 6.26 Å². The largest absolute Gasteiger partial charge is 0.448 e. The molecule has 0 aliphatic heterocycles. The molecular weight excluding hydrogens is 188 g/mol. The molecular formula is C12H14N2O. The Morgan fingerprint density at radius 1 is 1.33 bits per heavy atom. The Kier molecular flexibility index (Phi) is 2.83. The fourth-order valence-corrected chi connectivity index (χ4v) is 1.50. The van der Waals surface area contributed by atoms with Gasteiger partial charge in [0.05, 0.1) is 5.69 Å². The number of nitrogens with zero attached hydrogens (tertiary/aromatic N) is 1. The van der Waals surface area contributed by atoms with Crippen LogP contribution >= 0.6 is 0 Å². The topological polar surface area (TPSA) is 52.0 Å². The lowest BCUT2D eigenvalue weighted by Gasteiger charge is -2.01. The van der Waals surface area contributed by atoms with Gasteiger partial charge < -0.3 is 10.2 Å². The van der Waals surface area contributed by atoms with Crippen LogP contribution in [-0.4, -0.2) is 4.98 Å². The van der Waals surface area contributed by atoms with Gasteiger partial charge in [-0.15, -0.1) is 0 Å². The summed E-state index contributed by atoms with van der Waals surface area (Å²) in [5, 5.41) is 0. The maximum Gasteiger partial charge on any atom is 0.198 e. The molecule has 2 N–H and O–H groups in total.